The Kier molecular flexibility index (Phi) is 8.71. The van der Waals surface area contributed by atoms with E-state index in [2.05, 4.69) is 60.7 Å². The number of hydrogen-bond donors (Lipinski definition) is 0. The standard InChI is InChI=1S/C30H32OP2/c31-33(29-21-11-5-12-22-29,30-23-13-6-14-24-30)26-16-2-1-15-25-32(27-17-7-3-8-18-27)28-19-9-4-10-20-28/h3-14,17-24H,1-2,15-16,25-26H2. The Labute approximate surface area is 200 Å². The lowest BCUT2D eigenvalue weighted by Crippen LogP contribution is -2.18. The van der Waals surface area contributed by atoms with Gasteiger partial charge in [0.05, 0.1) is 0 Å². The summed E-state index contributed by atoms with van der Waals surface area (Å²) in [7, 11) is -2.90. The first kappa shape index (κ1) is 23.7. The maximum absolute atomic E-state index is 14.1. The van der Waals surface area contributed by atoms with Crippen molar-refractivity contribution in [3.8, 4) is 0 Å². The Morgan fingerprint density at radius 2 is 0.879 bits per heavy atom. The van der Waals surface area contributed by atoms with E-state index in [9.17, 15) is 4.57 Å². The van der Waals surface area contributed by atoms with Crippen LogP contribution < -0.4 is 21.2 Å². The van der Waals surface area contributed by atoms with Crippen LogP contribution in [0.5, 0.6) is 0 Å². The minimum atomic E-state index is -2.58. The van der Waals surface area contributed by atoms with Crippen LogP contribution in [0.3, 0.4) is 0 Å². The molecule has 0 aliphatic rings. The fourth-order valence-electron chi connectivity index (χ4n) is 4.33. The molecule has 0 bridgehead atoms. The third-order valence-electron chi connectivity index (χ3n) is 6.09. The molecule has 0 amide bonds. The first-order chi connectivity index (χ1) is 16.3. The van der Waals surface area contributed by atoms with Gasteiger partial charge in [0.1, 0.15) is 7.14 Å². The topological polar surface area (TPSA) is 17.1 Å². The largest absolute Gasteiger partial charge is 0.314 e. The molecule has 1 nitrogen and oxygen atoms in total. The zero-order valence-corrected chi connectivity index (χ0v) is 20.9. The Morgan fingerprint density at radius 1 is 0.485 bits per heavy atom. The van der Waals surface area contributed by atoms with Gasteiger partial charge in [0.2, 0.25) is 0 Å². The zero-order valence-electron chi connectivity index (χ0n) is 19.1. The number of benzene rings is 4. The smallest absolute Gasteiger partial charge is 0.143 e. The first-order valence-electron chi connectivity index (χ1n) is 11.9. The summed E-state index contributed by atoms with van der Waals surface area (Å²) in [4.78, 5) is 0. The highest BCUT2D eigenvalue weighted by Crippen LogP contribution is 2.44. The van der Waals surface area contributed by atoms with Crippen LogP contribution in [0.2, 0.25) is 0 Å². The Bertz CT molecular complexity index is 1050. The van der Waals surface area contributed by atoms with Gasteiger partial charge in [-0.15, -0.1) is 0 Å². The van der Waals surface area contributed by atoms with Crippen LogP contribution >= 0.6 is 15.1 Å². The van der Waals surface area contributed by atoms with Crippen LogP contribution in [0.25, 0.3) is 0 Å². The SMILES string of the molecule is O=P(CCCCCCP(c1ccccc1)c1ccccc1)(c1ccccc1)c1ccccc1. The van der Waals surface area contributed by atoms with Crippen LogP contribution in [-0.2, 0) is 4.57 Å². The Morgan fingerprint density at radius 3 is 1.33 bits per heavy atom. The summed E-state index contributed by atoms with van der Waals surface area (Å²) in [5.41, 5.74) is 0. The van der Waals surface area contributed by atoms with Crippen molar-refractivity contribution in [3.05, 3.63) is 121 Å². The van der Waals surface area contributed by atoms with E-state index in [1.54, 1.807) is 0 Å². The molecular weight excluding hydrogens is 438 g/mol. The quantitative estimate of drug-likeness (QED) is 0.176. The molecule has 0 unspecified atom stereocenters. The van der Waals surface area contributed by atoms with E-state index in [0.29, 0.717) is 0 Å². The average molecular weight is 471 g/mol. The highest BCUT2D eigenvalue weighted by Gasteiger charge is 2.26. The molecule has 4 rings (SSSR count). The summed E-state index contributed by atoms with van der Waals surface area (Å²) < 4.78 is 14.1. The van der Waals surface area contributed by atoms with Crippen LogP contribution in [-0.4, -0.2) is 12.3 Å². The maximum atomic E-state index is 14.1. The van der Waals surface area contributed by atoms with Gasteiger partial charge < -0.3 is 4.57 Å². The third-order valence-corrected chi connectivity index (χ3v) is 11.9. The van der Waals surface area contributed by atoms with Gasteiger partial charge in [-0.05, 0) is 37.5 Å². The van der Waals surface area contributed by atoms with Crippen LogP contribution in [0.4, 0.5) is 0 Å². The van der Waals surface area contributed by atoms with Gasteiger partial charge >= 0.3 is 0 Å². The lowest BCUT2D eigenvalue weighted by Gasteiger charge is -2.20. The summed E-state index contributed by atoms with van der Waals surface area (Å²) >= 11 is 0. The molecule has 3 heteroatoms. The lowest BCUT2D eigenvalue weighted by atomic mass is 10.2. The molecule has 0 heterocycles. The second kappa shape index (κ2) is 12.1. The molecule has 4 aromatic rings. The van der Waals surface area contributed by atoms with Crippen molar-refractivity contribution >= 4 is 36.3 Å². The third kappa shape index (κ3) is 6.32. The predicted molar refractivity (Wildman–Crippen MR) is 147 cm³/mol. The zero-order chi connectivity index (χ0) is 22.8. The van der Waals surface area contributed by atoms with Crippen molar-refractivity contribution < 1.29 is 4.57 Å². The summed E-state index contributed by atoms with van der Waals surface area (Å²) in [6.45, 7) is 0. The molecular formula is C30H32OP2. The van der Waals surface area contributed by atoms with Crippen molar-refractivity contribution in [2.75, 3.05) is 12.3 Å². The fraction of sp³-hybridized carbons (Fsp3) is 0.200. The molecule has 0 N–H and O–H groups in total. The summed E-state index contributed by atoms with van der Waals surface area (Å²) in [5.74, 6) is 0. The summed E-state index contributed by atoms with van der Waals surface area (Å²) in [6.07, 6.45) is 6.45. The molecule has 0 saturated heterocycles. The van der Waals surface area contributed by atoms with Gasteiger partial charge in [-0.2, -0.15) is 0 Å². The van der Waals surface area contributed by atoms with E-state index in [1.165, 1.54) is 29.6 Å². The van der Waals surface area contributed by atoms with Crippen molar-refractivity contribution in [3.63, 3.8) is 0 Å². The van der Waals surface area contributed by atoms with E-state index in [4.69, 9.17) is 0 Å². The van der Waals surface area contributed by atoms with Crippen LogP contribution in [0, 0.1) is 0 Å². The number of rotatable bonds is 11. The molecule has 33 heavy (non-hydrogen) atoms. The first-order valence-corrected chi connectivity index (χ1v) is 15.3. The second-order valence-corrected chi connectivity index (χ2v) is 13.7. The maximum Gasteiger partial charge on any atom is 0.143 e. The Hall–Kier alpha value is -2.46. The van der Waals surface area contributed by atoms with E-state index >= 15 is 0 Å². The van der Waals surface area contributed by atoms with Crippen LogP contribution in [0.15, 0.2) is 121 Å². The van der Waals surface area contributed by atoms with Gasteiger partial charge in [-0.25, -0.2) is 0 Å². The van der Waals surface area contributed by atoms with Gasteiger partial charge in [0.25, 0.3) is 0 Å². The highest BCUT2D eigenvalue weighted by atomic mass is 31.2. The molecule has 168 valence electrons. The minimum Gasteiger partial charge on any atom is -0.314 e. The van der Waals surface area contributed by atoms with Crippen LogP contribution in [0.1, 0.15) is 25.7 Å². The number of hydrogen-bond acceptors (Lipinski definition) is 1. The predicted octanol–water partition coefficient (Wildman–Crippen LogP) is 6.69. The Balaban J connectivity index is 1.35. The molecule has 0 saturated carbocycles. The summed E-state index contributed by atoms with van der Waals surface area (Å²) in [5, 5.41) is 4.87. The molecule has 4 aromatic carbocycles. The van der Waals surface area contributed by atoms with Crippen molar-refractivity contribution in [1.29, 1.82) is 0 Å². The molecule has 0 radical (unpaired) electrons. The fourth-order valence-corrected chi connectivity index (χ4v) is 9.54. The van der Waals surface area contributed by atoms with E-state index in [0.717, 1.165) is 29.6 Å². The molecule has 0 fully saturated rings. The molecule has 0 spiro atoms. The minimum absolute atomic E-state index is 0.321. The summed E-state index contributed by atoms with van der Waals surface area (Å²) in [6, 6.07) is 42.0. The lowest BCUT2D eigenvalue weighted by molar-refractivity contribution is 0.583. The van der Waals surface area contributed by atoms with Gasteiger partial charge in [0.15, 0.2) is 0 Å². The number of unbranched alkanes of at least 4 members (excludes halogenated alkanes) is 3. The highest BCUT2D eigenvalue weighted by molar-refractivity contribution is 7.78. The van der Waals surface area contributed by atoms with Gasteiger partial charge in [-0.1, -0.05) is 134 Å². The molecule has 0 aliphatic carbocycles. The van der Waals surface area contributed by atoms with Crippen molar-refractivity contribution in [2.45, 2.75) is 25.7 Å². The molecule has 0 aliphatic heterocycles. The van der Waals surface area contributed by atoms with E-state index in [-0.39, 0.29) is 7.92 Å². The van der Waals surface area contributed by atoms with Crippen molar-refractivity contribution in [1.82, 2.24) is 0 Å². The molecule has 0 aromatic heterocycles. The normalized spacial score (nSPS) is 11.5. The average Bonchev–Trinajstić information content (AvgIpc) is 2.90. The van der Waals surface area contributed by atoms with Gasteiger partial charge in [0, 0.05) is 16.8 Å². The van der Waals surface area contributed by atoms with E-state index in [1.807, 2.05) is 60.7 Å². The molecule has 0 atom stereocenters. The monoisotopic (exact) mass is 470 g/mol. The van der Waals surface area contributed by atoms with Gasteiger partial charge in [-0.3, -0.25) is 0 Å². The van der Waals surface area contributed by atoms with E-state index < -0.39 is 7.14 Å². The second-order valence-electron chi connectivity index (χ2n) is 8.37. The van der Waals surface area contributed by atoms with Crippen molar-refractivity contribution in [2.24, 2.45) is 0 Å².